The van der Waals surface area contributed by atoms with Crippen molar-refractivity contribution in [3.63, 3.8) is 0 Å². The van der Waals surface area contributed by atoms with Gasteiger partial charge in [-0.15, -0.1) is 5.10 Å². The number of aliphatic carboxylic acids is 1. The number of rotatable bonds is 7. The zero-order chi connectivity index (χ0) is 17.5. The maximum absolute atomic E-state index is 10.8. The van der Waals surface area contributed by atoms with Crippen LogP contribution in [0, 0.1) is 0 Å². The standard InChI is InChI=1S/C20H18N2O3/c23-20(24)12-11-18-13-19(25-15-17-9-5-2-6-10-17)21-22(18)14-16-7-3-1-4-8-16/h1-13H,14-15H2,(H,23,24)/b12-11+. The number of carbonyl (C=O) groups is 1. The molecule has 1 aromatic heterocycles. The van der Waals surface area contributed by atoms with Crippen LogP contribution in [0.1, 0.15) is 16.8 Å². The minimum atomic E-state index is -1.00. The van der Waals surface area contributed by atoms with Crippen LogP contribution in [0.15, 0.2) is 72.8 Å². The molecule has 0 unspecified atom stereocenters. The number of hydrogen-bond acceptors (Lipinski definition) is 3. The van der Waals surface area contributed by atoms with E-state index in [1.54, 1.807) is 10.7 Å². The predicted molar refractivity (Wildman–Crippen MR) is 95.2 cm³/mol. The van der Waals surface area contributed by atoms with E-state index in [4.69, 9.17) is 9.84 Å². The van der Waals surface area contributed by atoms with Gasteiger partial charge >= 0.3 is 5.97 Å². The molecule has 3 aromatic rings. The van der Waals surface area contributed by atoms with Gasteiger partial charge in [0.15, 0.2) is 0 Å². The van der Waals surface area contributed by atoms with Crippen LogP contribution in [0.2, 0.25) is 0 Å². The smallest absolute Gasteiger partial charge is 0.328 e. The lowest BCUT2D eigenvalue weighted by atomic mass is 10.2. The second-order valence-electron chi connectivity index (χ2n) is 5.50. The molecule has 25 heavy (non-hydrogen) atoms. The van der Waals surface area contributed by atoms with Crippen molar-refractivity contribution in [3.05, 3.63) is 89.6 Å². The van der Waals surface area contributed by atoms with Crippen molar-refractivity contribution in [2.24, 2.45) is 0 Å². The van der Waals surface area contributed by atoms with Gasteiger partial charge in [-0.1, -0.05) is 60.7 Å². The molecule has 0 radical (unpaired) electrons. The van der Waals surface area contributed by atoms with Gasteiger partial charge in [-0.05, 0) is 17.2 Å². The number of ether oxygens (including phenoxy) is 1. The molecule has 0 spiro atoms. The summed E-state index contributed by atoms with van der Waals surface area (Å²) < 4.78 is 7.48. The van der Waals surface area contributed by atoms with E-state index >= 15 is 0 Å². The second kappa shape index (κ2) is 7.97. The summed E-state index contributed by atoms with van der Waals surface area (Å²) in [6, 6.07) is 21.4. The molecule has 0 saturated carbocycles. The topological polar surface area (TPSA) is 64.3 Å². The molecule has 0 aliphatic rings. The van der Waals surface area contributed by atoms with Gasteiger partial charge in [0.2, 0.25) is 5.88 Å². The van der Waals surface area contributed by atoms with Gasteiger partial charge in [0.1, 0.15) is 6.61 Å². The van der Waals surface area contributed by atoms with E-state index in [1.165, 1.54) is 6.08 Å². The number of nitrogens with zero attached hydrogens (tertiary/aromatic N) is 2. The van der Waals surface area contributed by atoms with Gasteiger partial charge in [0, 0.05) is 12.1 Å². The highest BCUT2D eigenvalue weighted by Gasteiger charge is 2.08. The molecule has 1 N–H and O–H groups in total. The minimum absolute atomic E-state index is 0.408. The Morgan fingerprint density at radius 3 is 2.32 bits per heavy atom. The summed E-state index contributed by atoms with van der Waals surface area (Å²) >= 11 is 0. The first-order valence-electron chi connectivity index (χ1n) is 7.90. The highest BCUT2D eigenvalue weighted by molar-refractivity contribution is 5.85. The Morgan fingerprint density at radius 2 is 1.68 bits per heavy atom. The summed E-state index contributed by atoms with van der Waals surface area (Å²) in [7, 11) is 0. The Morgan fingerprint density at radius 1 is 1.04 bits per heavy atom. The van der Waals surface area contributed by atoms with Crippen LogP contribution >= 0.6 is 0 Å². The first-order chi connectivity index (χ1) is 12.2. The maximum atomic E-state index is 10.8. The predicted octanol–water partition coefficient (Wildman–Crippen LogP) is 3.61. The minimum Gasteiger partial charge on any atom is -0.478 e. The van der Waals surface area contributed by atoms with E-state index in [1.807, 2.05) is 60.7 Å². The lowest BCUT2D eigenvalue weighted by molar-refractivity contribution is -0.131. The van der Waals surface area contributed by atoms with E-state index in [-0.39, 0.29) is 0 Å². The third-order valence-electron chi connectivity index (χ3n) is 3.59. The first-order valence-corrected chi connectivity index (χ1v) is 7.90. The number of carboxylic acid groups (broad SMARTS) is 1. The quantitative estimate of drug-likeness (QED) is 0.671. The van der Waals surface area contributed by atoms with E-state index in [2.05, 4.69) is 5.10 Å². The lowest BCUT2D eigenvalue weighted by Crippen LogP contribution is -2.04. The van der Waals surface area contributed by atoms with Gasteiger partial charge in [0.05, 0.1) is 12.2 Å². The molecule has 5 heteroatoms. The van der Waals surface area contributed by atoms with Gasteiger partial charge in [-0.25, -0.2) is 4.79 Å². The summed E-state index contributed by atoms with van der Waals surface area (Å²) in [4.78, 5) is 10.8. The fourth-order valence-electron chi connectivity index (χ4n) is 2.38. The van der Waals surface area contributed by atoms with E-state index < -0.39 is 5.97 Å². The summed E-state index contributed by atoms with van der Waals surface area (Å²) in [6.07, 6.45) is 2.62. The Labute approximate surface area is 145 Å². The van der Waals surface area contributed by atoms with Crippen LogP contribution in [-0.4, -0.2) is 20.9 Å². The van der Waals surface area contributed by atoms with Gasteiger partial charge < -0.3 is 9.84 Å². The second-order valence-corrected chi connectivity index (χ2v) is 5.50. The fourth-order valence-corrected chi connectivity index (χ4v) is 2.38. The van der Waals surface area contributed by atoms with Gasteiger partial charge in [-0.3, -0.25) is 4.68 Å². The van der Waals surface area contributed by atoms with Crippen LogP contribution in [0.5, 0.6) is 5.88 Å². The Kier molecular flexibility index (Phi) is 5.26. The molecule has 0 fully saturated rings. The molecule has 3 rings (SSSR count). The number of hydrogen-bond donors (Lipinski definition) is 1. The molecule has 0 saturated heterocycles. The molecule has 0 amide bonds. The number of carboxylic acids is 1. The lowest BCUT2D eigenvalue weighted by Gasteiger charge is -2.05. The molecule has 0 aliphatic carbocycles. The third-order valence-corrected chi connectivity index (χ3v) is 3.59. The third kappa shape index (κ3) is 4.81. The first kappa shape index (κ1) is 16.5. The van der Waals surface area contributed by atoms with Crippen molar-refractivity contribution < 1.29 is 14.6 Å². The molecule has 5 nitrogen and oxygen atoms in total. The average Bonchev–Trinajstić information content (AvgIpc) is 3.02. The summed E-state index contributed by atoms with van der Waals surface area (Å²) in [5.74, 6) is -0.538. The van der Waals surface area contributed by atoms with Crippen LogP contribution in [0.4, 0.5) is 0 Å². The zero-order valence-corrected chi connectivity index (χ0v) is 13.6. The fraction of sp³-hybridized carbons (Fsp3) is 0.100. The molecule has 0 aliphatic heterocycles. The molecular weight excluding hydrogens is 316 g/mol. The normalized spacial score (nSPS) is 10.9. The Balaban J connectivity index is 1.79. The van der Waals surface area contributed by atoms with Crippen LogP contribution in [0.3, 0.4) is 0 Å². The molecular formula is C20H18N2O3. The van der Waals surface area contributed by atoms with E-state index in [0.717, 1.165) is 17.2 Å². The number of aromatic nitrogens is 2. The van der Waals surface area contributed by atoms with Crippen LogP contribution < -0.4 is 4.74 Å². The van der Waals surface area contributed by atoms with Crippen molar-refractivity contribution in [1.29, 1.82) is 0 Å². The monoisotopic (exact) mass is 334 g/mol. The van der Waals surface area contributed by atoms with Crippen molar-refractivity contribution in [1.82, 2.24) is 9.78 Å². The van der Waals surface area contributed by atoms with Crippen LogP contribution in [-0.2, 0) is 17.9 Å². The molecule has 126 valence electrons. The highest BCUT2D eigenvalue weighted by atomic mass is 16.5. The highest BCUT2D eigenvalue weighted by Crippen LogP contribution is 2.17. The van der Waals surface area contributed by atoms with Crippen LogP contribution in [0.25, 0.3) is 6.08 Å². The molecule has 0 bridgehead atoms. The zero-order valence-electron chi connectivity index (χ0n) is 13.6. The van der Waals surface area contributed by atoms with Crippen molar-refractivity contribution in [3.8, 4) is 5.88 Å². The van der Waals surface area contributed by atoms with Crippen molar-refractivity contribution in [2.45, 2.75) is 13.2 Å². The summed E-state index contributed by atoms with van der Waals surface area (Å²) in [5.41, 5.74) is 2.79. The summed E-state index contributed by atoms with van der Waals surface area (Å²) in [6.45, 7) is 0.945. The Bertz CT molecular complexity index is 855. The van der Waals surface area contributed by atoms with Gasteiger partial charge in [-0.2, -0.15) is 0 Å². The van der Waals surface area contributed by atoms with E-state index in [0.29, 0.717) is 24.7 Å². The SMILES string of the molecule is O=C(O)/C=C/c1cc(OCc2ccccc2)nn1Cc1ccccc1. The molecule has 1 heterocycles. The largest absolute Gasteiger partial charge is 0.478 e. The molecule has 0 atom stereocenters. The summed E-state index contributed by atoms with van der Waals surface area (Å²) in [5, 5.41) is 13.3. The Hall–Kier alpha value is -3.34. The molecule has 2 aromatic carbocycles. The van der Waals surface area contributed by atoms with Crippen molar-refractivity contribution >= 4 is 12.0 Å². The van der Waals surface area contributed by atoms with Gasteiger partial charge in [0.25, 0.3) is 0 Å². The average molecular weight is 334 g/mol. The van der Waals surface area contributed by atoms with Crippen molar-refractivity contribution in [2.75, 3.05) is 0 Å². The number of benzene rings is 2. The van der Waals surface area contributed by atoms with E-state index in [9.17, 15) is 4.79 Å². The maximum Gasteiger partial charge on any atom is 0.328 e.